The second kappa shape index (κ2) is 21.7. The van der Waals surface area contributed by atoms with Gasteiger partial charge in [-0.05, 0) is 6.42 Å². The molecule has 0 aromatic carbocycles. The molecule has 2 heteroatoms. The fourth-order valence-corrected chi connectivity index (χ4v) is 4.66. The second-order valence-electron chi connectivity index (χ2n) is 6.53. The molecule has 0 fully saturated rings. The van der Waals surface area contributed by atoms with Crippen LogP contribution in [-0.4, -0.2) is 11.5 Å². The Balaban J connectivity index is 2.91. The molecule has 134 valence electrons. The third-order valence-electron chi connectivity index (χ3n) is 4.28. The lowest BCUT2D eigenvalue weighted by Crippen LogP contribution is -1.84. The molecule has 0 rings (SSSR count). The standard InChI is InChI=1S/C20H42S2/c1-3-5-6-7-8-9-10-11-12-13-14-15-16-17-18-19-20-22-21-4-2/h3-20H2,1-2H3. The molecule has 0 aromatic heterocycles. The molecule has 0 bridgehead atoms. The van der Waals surface area contributed by atoms with E-state index in [1.165, 1.54) is 114 Å². The first-order valence-corrected chi connectivity index (χ1v) is 12.6. The Hall–Kier alpha value is 0.700. The van der Waals surface area contributed by atoms with Crippen LogP contribution in [-0.2, 0) is 0 Å². The van der Waals surface area contributed by atoms with Crippen molar-refractivity contribution in [3.05, 3.63) is 0 Å². The minimum atomic E-state index is 1.25. The molecule has 0 aliphatic heterocycles. The predicted molar refractivity (Wildman–Crippen MR) is 110 cm³/mol. The third-order valence-corrected chi connectivity index (χ3v) is 6.85. The van der Waals surface area contributed by atoms with E-state index in [1.807, 2.05) is 10.8 Å². The Morgan fingerprint density at radius 1 is 0.409 bits per heavy atom. The van der Waals surface area contributed by atoms with Gasteiger partial charge in [-0.1, -0.05) is 132 Å². The lowest BCUT2D eigenvalue weighted by atomic mass is 10.0. The Morgan fingerprint density at radius 2 is 0.773 bits per heavy atom. The SMILES string of the molecule is CCCCCCCCCCCCCCCCCCSSCC. The van der Waals surface area contributed by atoms with Crippen molar-refractivity contribution in [2.24, 2.45) is 0 Å². The van der Waals surface area contributed by atoms with Crippen LogP contribution in [0.25, 0.3) is 0 Å². The van der Waals surface area contributed by atoms with Crippen molar-refractivity contribution in [3.8, 4) is 0 Å². The Morgan fingerprint density at radius 3 is 1.14 bits per heavy atom. The van der Waals surface area contributed by atoms with Crippen LogP contribution in [0.5, 0.6) is 0 Å². The quantitative estimate of drug-likeness (QED) is 0.169. The first-order chi connectivity index (χ1) is 10.9. The van der Waals surface area contributed by atoms with Gasteiger partial charge in [0.1, 0.15) is 0 Å². The summed E-state index contributed by atoms with van der Waals surface area (Å²) < 4.78 is 0. The molecule has 0 aliphatic carbocycles. The zero-order valence-corrected chi connectivity index (χ0v) is 17.2. The van der Waals surface area contributed by atoms with Crippen molar-refractivity contribution in [2.45, 2.75) is 117 Å². The molecule has 0 amide bonds. The molecule has 0 aromatic rings. The molecule has 0 atom stereocenters. The van der Waals surface area contributed by atoms with Gasteiger partial charge in [-0.25, -0.2) is 0 Å². The van der Waals surface area contributed by atoms with Crippen LogP contribution in [0.1, 0.15) is 117 Å². The minimum Gasteiger partial charge on any atom is -0.0944 e. The first kappa shape index (κ1) is 22.7. The number of unbranched alkanes of at least 4 members (excludes halogenated alkanes) is 15. The average molecular weight is 347 g/mol. The Kier molecular flexibility index (Phi) is 22.4. The van der Waals surface area contributed by atoms with Crippen molar-refractivity contribution < 1.29 is 0 Å². The van der Waals surface area contributed by atoms with E-state index in [-0.39, 0.29) is 0 Å². The van der Waals surface area contributed by atoms with E-state index in [2.05, 4.69) is 24.6 Å². The van der Waals surface area contributed by atoms with Gasteiger partial charge in [0.05, 0.1) is 0 Å². The summed E-state index contributed by atoms with van der Waals surface area (Å²) in [5, 5.41) is 0. The molecule has 0 saturated carbocycles. The third kappa shape index (κ3) is 20.7. The van der Waals surface area contributed by atoms with Crippen LogP contribution in [0.3, 0.4) is 0 Å². The summed E-state index contributed by atoms with van der Waals surface area (Å²) in [5.41, 5.74) is 0. The monoisotopic (exact) mass is 346 g/mol. The van der Waals surface area contributed by atoms with Gasteiger partial charge in [0.25, 0.3) is 0 Å². The topological polar surface area (TPSA) is 0 Å². The molecule has 0 unspecified atom stereocenters. The molecule has 0 heterocycles. The summed E-state index contributed by atoms with van der Waals surface area (Å²) in [7, 11) is 4.07. The summed E-state index contributed by atoms with van der Waals surface area (Å²) >= 11 is 0. The maximum Gasteiger partial charge on any atom is 0.00369 e. The molecular weight excluding hydrogens is 304 g/mol. The molecule has 0 spiro atoms. The van der Waals surface area contributed by atoms with Crippen molar-refractivity contribution in [1.29, 1.82) is 0 Å². The zero-order valence-electron chi connectivity index (χ0n) is 15.5. The number of hydrogen-bond acceptors (Lipinski definition) is 2. The van der Waals surface area contributed by atoms with Crippen LogP contribution >= 0.6 is 21.6 Å². The molecular formula is C20H42S2. The van der Waals surface area contributed by atoms with Crippen LogP contribution in [0, 0.1) is 0 Å². The van der Waals surface area contributed by atoms with Gasteiger partial charge in [0, 0.05) is 11.5 Å². The molecule has 0 radical (unpaired) electrons. The van der Waals surface area contributed by atoms with Gasteiger partial charge in [-0.3, -0.25) is 0 Å². The summed E-state index contributed by atoms with van der Waals surface area (Å²) in [5.74, 6) is 2.61. The molecule has 0 nitrogen and oxygen atoms in total. The molecule has 0 saturated heterocycles. The average Bonchev–Trinajstić information content (AvgIpc) is 2.54. The van der Waals surface area contributed by atoms with Crippen molar-refractivity contribution in [2.75, 3.05) is 11.5 Å². The van der Waals surface area contributed by atoms with E-state index in [0.29, 0.717) is 0 Å². The van der Waals surface area contributed by atoms with E-state index in [0.717, 1.165) is 0 Å². The van der Waals surface area contributed by atoms with Gasteiger partial charge < -0.3 is 0 Å². The summed E-state index contributed by atoms with van der Waals surface area (Å²) in [4.78, 5) is 0. The number of rotatable bonds is 19. The summed E-state index contributed by atoms with van der Waals surface area (Å²) in [6.07, 6.45) is 23.4. The molecule has 0 N–H and O–H groups in total. The largest absolute Gasteiger partial charge is 0.0944 e. The Labute approximate surface area is 149 Å². The van der Waals surface area contributed by atoms with Crippen LogP contribution < -0.4 is 0 Å². The molecule has 22 heavy (non-hydrogen) atoms. The van der Waals surface area contributed by atoms with Gasteiger partial charge in [0.2, 0.25) is 0 Å². The van der Waals surface area contributed by atoms with Gasteiger partial charge in [-0.15, -0.1) is 0 Å². The van der Waals surface area contributed by atoms with Crippen LogP contribution in [0.2, 0.25) is 0 Å². The van der Waals surface area contributed by atoms with Crippen LogP contribution in [0.15, 0.2) is 0 Å². The van der Waals surface area contributed by atoms with E-state index < -0.39 is 0 Å². The van der Waals surface area contributed by atoms with Crippen molar-refractivity contribution in [1.82, 2.24) is 0 Å². The summed E-state index contributed by atoms with van der Waals surface area (Å²) in [6, 6.07) is 0. The van der Waals surface area contributed by atoms with Gasteiger partial charge in [0.15, 0.2) is 0 Å². The normalized spacial score (nSPS) is 11.2. The van der Waals surface area contributed by atoms with E-state index in [4.69, 9.17) is 0 Å². The maximum absolute atomic E-state index is 2.30. The smallest absolute Gasteiger partial charge is 0.00369 e. The van der Waals surface area contributed by atoms with Crippen LogP contribution in [0.4, 0.5) is 0 Å². The van der Waals surface area contributed by atoms with E-state index in [1.54, 1.807) is 0 Å². The Bertz CT molecular complexity index is 163. The fourth-order valence-electron chi connectivity index (χ4n) is 2.85. The highest BCUT2D eigenvalue weighted by Crippen LogP contribution is 2.22. The lowest BCUT2D eigenvalue weighted by molar-refractivity contribution is 0.532. The van der Waals surface area contributed by atoms with Gasteiger partial charge >= 0.3 is 0 Å². The molecule has 0 aliphatic rings. The summed E-state index contributed by atoms with van der Waals surface area (Å²) in [6.45, 7) is 4.54. The highest BCUT2D eigenvalue weighted by Gasteiger charge is 1.95. The van der Waals surface area contributed by atoms with E-state index in [9.17, 15) is 0 Å². The van der Waals surface area contributed by atoms with Crippen molar-refractivity contribution in [3.63, 3.8) is 0 Å². The second-order valence-corrected chi connectivity index (χ2v) is 9.40. The van der Waals surface area contributed by atoms with E-state index >= 15 is 0 Å². The highest BCUT2D eigenvalue weighted by molar-refractivity contribution is 8.76. The van der Waals surface area contributed by atoms with Gasteiger partial charge in [-0.2, -0.15) is 0 Å². The van der Waals surface area contributed by atoms with Crippen molar-refractivity contribution >= 4 is 21.6 Å². The first-order valence-electron chi connectivity index (χ1n) is 10.2. The minimum absolute atomic E-state index is 1.25. The maximum atomic E-state index is 2.30. The lowest BCUT2D eigenvalue weighted by Gasteiger charge is -2.03. The zero-order chi connectivity index (χ0) is 16.1. The number of hydrogen-bond donors (Lipinski definition) is 0. The fraction of sp³-hybridized carbons (Fsp3) is 1.00. The highest BCUT2D eigenvalue weighted by atomic mass is 33.1. The predicted octanol–water partition coefficient (Wildman–Crippen LogP) is 8.65.